The first-order chi connectivity index (χ1) is 8.15. The highest BCUT2D eigenvalue weighted by Crippen LogP contribution is 2.03. The quantitative estimate of drug-likeness (QED) is 0.779. The van der Waals surface area contributed by atoms with Crippen molar-refractivity contribution in [1.82, 2.24) is 19.6 Å². The summed E-state index contributed by atoms with van der Waals surface area (Å²) in [7, 11) is 0. The molecule has 0 aliphatic carbocycles. The smallest absolute Gasteiger partial charge is 0.219 e. The van der Waals surface area contributed by atoms with Crippen molar-refractivity contribution in [1.29, 1.82) is 0 Å². The number of amides is 1. The molecule has 1 amide bonds. The minimum atomic E-state index is 0.171. The van der Waals surface area contributed by atoms with Gasteiger partial charge >= 0.3 is 0 Å². The molecule has 0 aromatic carbocycles. The third kappa shape index (κ3) is 3.20. The molecule has 17 heavy (non-hydrogen) atoms. The molecule has 1 saturated heterocycles. The summed E-state index contributed by atoms with van der Waals surface area (Å²) in [4.78, 5) is 15.4. The zero-order valence-corrected chi connectivity index (χ0v) is 10.2. The van der Waals surface area contributed by atoms with E-state index in [1.165, 1.54) is 0 Å². The molecule has 94 valence electrons. The Morgan fingerprint density at radius 1 is 1.35 bits per heavy atom. The second kappa shape index (κ2) is 5.18. The molecule has 1 aliphatic heterocycles. The summed E-state index contributed by atoms with van der Waals surface area (Å²) in [6.07, 6.45) is 1.89. The molecule has 0 atom stereocenters. The SMILES string of the molecule is CC(=O)N1CCN(CCn2ccc(N)n2)CC1. The van der Waals surface area contributed by atoms with Gasteiger partial charge in [-0.05, 0) is 6.07 Å². The first kappa shape index (κ1) is 11.9. The number of hydrogen-bond donors (Lipinski definition) is 1. The van der Waals surface area contributed by atoms with Crippen molar-refractivity contribution in [2.45, 2.75) is 13.5 Å². The van der Waals surface area contributed by atoms with Crippen LogP contribution in [0.2, 0.25) is 0 Å². The van der Waals surface area contributed by atoms with Gasteiger partial charge in [-0.15, -0.1) is 0 Å². The molecule has 2 rings (SSSR count). The van der Waals surface area contributed by atoms with Crippen LogP contribution < -0.4 is 5.73 Å². The van der Waals surface area contributed by atoms with Crippen LogP contribution in [0.3, 0.4) is 0 Å². The second-order valence-corrected chi connectivity index (χ2v) is 4.35. The molecule has 6 nitrogen and oxygen atoms in total. The van der Waals surface area contributed by atoms with Gasteiger partial charge in [-0.1, -0.05) is 0 Å². The van der Waals surface area contributed by atoms with Gasteiger partial charge in [-0.3, -0.25) is 14.4 Å². The summed E-state index contributed by atoms with van der Waals surface area (Å²) in [5.74, 6) is 0.732. The van der Waals surface area contributed by atoms with Gasteiger partial charge in [0.2, 0.25) is 5.91 Å². The molecule has 1 aliphatic rings. The van der Waals surface area contributed by atoms with E-state index in [9.17, 15) is 4.79 Å². The van der Waals surface area contributed by atoms with Crippen molar-refractivity contribution in [2.24, 2.45) is 0 Å². The Kier molecular flexibility index (Phi) is 3.63. The topological polar surface area (TPSA) is 67.4 Å². The van der Waals surface area contributed by atoms with Crippen LogP contribution in [0.15, 0.2) is 12.3 Å². The van der Waals surface area contributed by atoms with E-state index in [1.807, 2.05) is 15.8 Å². The molecule has 0 saturated carbocycles. The summed E-state index contributed by atoms with van der Waals surface area (Å²) in [6.45, 7) is 6.96. The highest BCUT2D eigenvalue weighted by molar-refractivity contribution is 5.73. The number of nitrogen functional groups attached to an aromatic ring is 1. The first-order valence-electron chi connectivity index (χ1n) is 5.92. The molecule has 0 radical (unpaired) electrons. The fourth-order valence-corrected chi connectivity index (χ4v) is 2.03. The molecule has 0 bridgehead atoms. The molecule has 6 heteroatoms. The Morgan fingerprint density at radius 2 is 2.06 bits per heavy atom. The number of carbonyl (C=O) groups excluding carboxylic acids is 1. The summed E-state index contributed by atoms with van der Waals surface area (Å²) in [5, 5.41) is 4.14. The maximum absolute atomic E-state index is 11.2. The van der Waals surface area contributed by atoms with Crippen LogP contribution in [-0.4, -0.2) is 58.2 Å². The van der Waals surface area contributed by atoms with Crippen molar-refractivity contribution in [2.75, 3.05) is 38.5 Å². The van der Waals surface area contributed by atoms with Gasteiger partial charge in [-0.2, -0.15) is 5.10 Å². The van der Waals surface area contributed by atoms with E-state index in [4.69, 9.17) is 5.73 Å². The zero-order valence-electron chi connectivity index (χ0n) is 10.2. The van der Waals surface area contributed by atoms with Gasteiger partial charge < -0.3 is 10.6 Å². The highest BCUT2D eigenvalue weighted by Gasteiger charge is 2.17. The number of carbonyl (C=O) groups is 1. The van der Waals surface area contributed by atoms with Gasteiger partial charge in [0.25, 0.3) is 0 Å². The molecule has 1 aromatic rings. The van der Waals surface area contributed by atoms with Crippen molar-refractivity contribution in [3.05, 3.63) is 12.3 Å². The fourth-order valence-electron chi connectivity index (χ4n) is 2.03. The number of nitrogens with two attached hydrogens (primary N) is 1. The average Bonchev–Trinajstić information content (AvgIpc) is 2.73. The lowest BCUT2D eigenvalue weighted by molar-refractivity contribution is -0.130. The predicted molar refractivity (Wildman–Crippen MR) is 65.3 cm³/mol. The lowest BCUT2D eigenvalue weighted by Crippen LogP contribution is -2.48. The third-order valence-corrected chi connectivity index (χ3v) is 3.12. The molecule has 2 N–H and O–H groups in total. The van der Waals surface area contributed by atoms with Crippen LogP contribution in [0.25, 0.3) is 0 Å². The largest absolute Gasteiger partial charge is 0.382 e. The number of nitrogens with zero attached hydrogens (tertiary/aromatic N) is 4. The van der Waals surface area contributed by atoms with Gasteiger partial charge in [0.15, 0.2) is 0 Å². The Morgan fingerprint density at radius 3 is 2.59 bits per heavy atom. The number of hydrogen-bond acceptors (Lipinski definition) is 4. The minimum Gasteiger partial charge on any atom is -0.382 e. The number of piperazine rings is 1. The average molecular weight is 237 g/mol. The summed E-state index contributed by atoms with van der Waals surface area (Å²) in [5.41, 5.74) is 5.55. The molecule has 1 aromatic heterocycles. The minimum absolute atomic E-state index is 0.171. The normalized spacial score (nSPS) is 17.4. The third-order valence-electron chi connectivity index (χ3n) is 3.12. The van der Waals surface area contributed by atoms with Crippen LogP contribution in [0.5, 0.6) is 0 Å². The Bertz CT molecular complexity index is 381. The van der Waals surface area contributed by atoms with Crippen molar-refractivity contribution < 1.29 is 4.79 Å². The molecular weight excluding hydrogens is 218 g/mol. The molecular formula is C11H19N5O. The summed E-state index contributed by atoms with van der Waals surface area (Å²) in [6, 6.07) is 1.80. The van der Waals surface area contributed by atoms with Crippen LogP contribution in [-0.2, 0) is 11.3 Å². The number of rotatable bonds is 3. The van der Waals surface area contributed by atoms with E-state index >= 15 is 0 Å². The molecule has 0 spiro atoms. The van der Waals surface area contributed by atoms with Gasteiger partial charge in [0.1, 0.15) is 5.82 Å². The van der Waals surface area contributed by atoms with Gasteiger partial charge in [0, 0.05) is 45.8 Å². The maximum Gasteiger partial charge on any atom is 0.219 e. The molecule has 2 heterocycles. The Balaban J connectivity index is 1.73. The van der Waals surface area contributed by atoms with E-state index in [0.29, 0.717) is 5.82 Å². The lowest BCUT2D eigenvalue weighted by atomic mass is 10.3. The predicted octanol–water partition coefficient (Wildman–Crippen LogP) is -0.371. The highest BCUT2D eigenvalue weighted by atomic mass is 16.2. The zero-order chi connectivity index (χ0) is 12.3. The molecule has 1 fully saturated rings. The van der Waals surface area contributed by atoms with E-state index < -0.39 is 0 Å². The van der Waals surface area contributed by atoms with Crippen LogP contribution in [0.4, 0.5) is 5.82 Å². The van der Waals surface area contributed by atoms with E-state index in [2.05, 4.69) is 10.00 Å². The first-order valence-corrected chi connectivity index (χ1v) is 5.92. The van der Waals surface area contributed by atoms with Crippen LogP contribution >= 0.6 is 0 Å². The molecule has 0 unspecified atom stereocenters. The van der Waals surface area contributed by atoms with E-state index in [-0.39, 0.29) is 5.91 Å². The van der Waals surface area contributed by atoms with Gasteiger partial charge in [-0.25, -0.2) is 0 Å². The number of anilines is 1. The fraction of sp³-hybridized carbons (Fsp3) is 0.636. The van der Waals surface area contributed by atoms with E-state index in [1.54, 1.807) is 13.0 Å². The number of aromatic nitrogens is 2. The maximum atomic E-state index is 11.2. The summed E-state index contributed by atoms with van der Waals surface area (Å²) >= 11 is 0. The van der Waals surface area contributed by atoms with E-state index in [0.717, 1.165) is 39.3 Å². The van der Waals surface area contributed by atoms with Crippen LogP contribution in [0.1, 0.15) is 6.92 Å². The van der Waals surface area contributed by atoms with Crippen molar-refractivity contribution in [3.8, 4) is 0 Å². The van der Waals surface area contributed by atoms with Crippen molar-refractivity contribution in [3.63, 3.8) is 0 Å². The van der Waals surface area contributed by atoms with Gasteiger partial charge in [0.05, 0.1) is 6.54 Å². The summed E-state index contributed by atoms with van der Waals surface area (Å²) < 4.78 is 1.85. The Labute approximate surface area is 101 Å². The lowest BCUT2D eigenvalue weighted by Gasteiger charge is -2.34. The van der Waals surface area contributed by atoms with Crippen LogP contribution in [0, 0.1) is 0 Å². The monoisotopic (exact) mass is 237 g/mol. The van der Waals surface area contributed by atoms with Crippen molar-refractivity contribution >= 4 is 11.7 Å². The Hall–Kier alpha value is -1.56. The second-order valence-electron chi connectivity index (χ2n) is 4.35. The standard InChI is InChI=1S/C11H19N5O/c1-10(17)15-7-4-14(5-8-15)6-9-16-3-2-11(12)13-16/h2-3H,4-9H2,1H3,(H2,12,13).